The molecule has 142 valence electrons. The van der Waals surface area contributed by atoms with Gasteiger partial charge in [0.05, 0.1) is 6.54 Å². The van der Waals surface area contributed by atoms with Gasteiger partial charge in [-0.15, -0.1) is 24.0 Å². The summed E-state index contributed by atoms with van der Waals surface area (Å²) < 4.78 is 19.0. The summed E-state index contributed by atoms with van der Waals surface area (Å²) in [5.41, 5.74) is 0. The van der Waals surface area contributed by atoms with E-state index >= 15 is 0 Å². The Balaban J connectivity index is 0.00000576. The van der Waals surface area contributed by atoms with Crippen LogP contribution < -0.4 is 20.7 Å². The zero-order valence-corrected chi connectivity index (χ0v) is 17.3. The topological polar surface area (TPSA) is 74.8 Å². The Morgan fingerprint density at radius 3 is 2.52 bits per heavy atom. The lowest BCUT2D eigenvalue weighted by Gasteiger charge is -2.20. The second-order valence-corrected chi connectivity index (χ2v) is 5.14. The van der Waals surface area contributed by atoms with E-state index in [0.29, 0.717) is 31.3 Å². The van der Waals surface area contributed by atoms with Crippen molar-refractivity contribution in [1.29, 1.82) is 0 Å². The largest absolute Gasteiger partial charge is 0.489 e. The number of nitrogens with zero attached hydrogens (tertiary/aromatic N) is 1. The molecule has 0 saturated carbocycles. The van der Waals surface area contributed by atoms with E-state index < -0.39 is 0 Å². The van der Waals surface area contributed by atoms with Gasteiger partial charge in [-0.05, 0) is 32.4 Å². The molecule has 0 bridgehead atoms. The summed E-state index contributed by atoms with van der Waals surface area (Å²) in [6.07, 6.45) is 0.610. The number of amides is 1. The van der Waals surface area contributed by atoms with Crippen LogP contribution >= 0.6 is 24.0 Å². The molecule has 0 aliphatic heterocycles. The predicted octanol–water partition coefficient (Wildman–Crippen LogP) is 2.29. The van der Waals surface area contributed by atoms with Gasteiger partial charge in [0.2, 0.25) is 5.91 Å². The monoisotopic (exact) mass is 466 g/mol. The third kappa shape index (κ3) is 10.1. The highest BCUT2D eigenvalue weighted by atomic mass is 127. The van der Waals surface area contributed by atoms with Gasteiger partial charge >= 0.3 is 0 Å². The summed E-state index contributed by atoms with van der Waals surface area (Å²) in [6.45, 7) is 7.62. The maximum atomic E-state index is 13.2. The molecule has 0 aromatic heterocycles. The molecule has 1 aromatic carbocycles. The number of guanidine groups is 1. The summed E-state index contributed by atoms with van der Waals surface area (Å²) in [5, 5.41) is 8.92. The molecule has 0 fully saturated rings. The smallest absolute Gasteiger partial charge is 0.241 e. The number of halogens is 2. The molecule has 8 heteroatoms. The van der Waals surface area contributed by atoms with Crippen LogP contribution in [0.15, 0.2) is 29.3 Å². The summed E-state index contributed by atoms with van der Waals surface area (Å²) in [7, 11) is 0. The minimum absolute atomic E-state index is 0. The molecule has 0 aliphatic carbocycles. The van der Waals surface area contributed by atoms with Crippen molar-refractivity contribution in [3.05, 3.63) is 30.1 Å². The Morgan fingerprint density at radius 1 is 1.20 bits per heavy atom. The molecule has 1 atom stereocenters. The molecule has 6 nitrogen and oxygen atoms in total. The Kier molecular flexibility index (Phi) is 12.8. The van der Waals surface area contributed by atoms with Gasteiger partial charge in [-0.1, -0.05) is 13.0 Å². The highest BCUT2D eigenvalue weighted by molar-refractivity contribution is 14.0. The van der Waals surface area contributed by atoms with Crippen LogP contribution in [-0.4, -0.2) is 44.1 Å². The molecular weight excluding hydrogens is 438 g/mol. The molecule has 3 N–H and O–H groups in total. The van der Waals surface area contributed by atoms with Crippen LogP contribution in [0.1, 0.15) is 27.2 Å². The first-order valence-electron chi connectivity index (χ1n) is 8.30. The number of carbonyl (C=O) groups excluding carboxylic acids is 1. The molecule has 1 amide bonds. The second kappa shape index (κ2) is 13.7. The van der Waals surface area contributed by atoms with Gasteiger partial charge in [0.15, 0.2) is 5.96 Å². The Morgan fingerprint density at radius 2 is 1.92 bits per heavy atom. The molecule has 1 rings (SSSR count). The van der Waals surface area contributed by atoms with E-state index in [-0.39, 0.29) is 48.3 Å². The average Bonchev–Trinajstić information content (AvgIpc) is 2.56. The Hall–Kier alpha value is -1.58. The van der Waals surface area contributed by atoms with Gasteiger partial charge in [-0.2, -0.15) is 0 Å². The maximum Gasteiger partial charge on any atom is 0.241 e. The number of carbonyl (C=O) groups is 1. The number of likely N-dealkylation sites (N-methyl/N-ethyl adjacent to an activating group) is 1. The molecule has 1 unspecified atom stereocenters. The minimum Gasteiger partial charge on any atom is -0.489 e. The summed E-state index contributed by atoms with van der Waals surface area (Å²) in [5.74, 6) is 0.586. The van der Waals surface area contributed by atoms with Gasteiger partial charge < -0.3 is 20.7 Å². The van der Waals surface area contributed by atoms with Gasteiger partial charge in [-0.25, -0.2) is 9.38 Å². The fourth-order valence-corrected chi connectivity index (χ4v) is 1.96. The maximum absolute atomic E-state index is 13.2. The van der Waals surface area contributed by atoms with E-state index in [4.69, 9.17) is 4.74 Å². The fourth-order valence-electron chi connectivity index (χ4n) is 1.96. The summed E-state index contributed by atoms with van der Waals surface area (Å²) in [4.78, 5) is 15.7. The van der Waals surface area contributed by atoms with E-state index in [1.807, 2.05) is 20.8 Å². The fraction of sp³-hybridized carbons (Fsp3) is 0.529. The summed E-state index contributed by atoms with van der Waals surface area (Å²) in [6, 6.07) is 6.07. The van der Waals surface area contributed by atoms with Crippen LogP contribution in [0.3, 0.4) is 0 Å². The number of hydrogen-bond acceptors (Lipinski definition) is 3. The normalized spacial score (nSPS) is 11.9. The van der Waals surface area contributed by atoms with Crippen molar-refractivity contribution in [3.8, 4) is 5.75 Å². The third-order valence-electron chi connectivity index (χ3n) is 3.15. The minimum atomic E-state index is -0.327. The standard InChI is InChI=1S/C17H27FN4O2.HI/c1-4-14(24-15-9-7-8-13(18)10-15)11-21-17(20-6-3)22-12-16(23)19-5-2;/h7-10,14H,4-6,11-12H2,1-3H3,(H,19,23)(H2,20,21,22);1H. The first kappa shape index (κ1) is 23.4. The van der Waals surface area contributed by atoms with E-state index in [2.05, 4.69) is 20.9 Å². The number of nitrogens with one attached hydrogen (secondary N) is 3. The van der Waals surface area contributed by atoms with Crippen LogP contribution in [0.25, 0.3) is 0 Å². The van der Waals surface area contributed by atoms with Gasteiger partial charge in [0.25, 0.3) is 0 Å². The molecule has 0 radical (unpaired) electrons. The number of rotatable bonds is 9. The van der Waals surface area contributed by atoms with Gasteiger partial charge in [0.1, 0.15) is 24.2 Å². The third-order valence-corrected chi connectivity index (χ3v) is 3.15. The number of ether oxygens (including phenoxy) is 1. The molecule has 0 heterocycles. The molecule has 0 saturated heterocycles. The van der Waals surface area contributed by atoms with Crippen molar-refractivity contribution in [2.75, 3.05) is 26.2 Å². The second-order valence-electron chi connectivity index (χ2n) is 5.14. The van der Waals surface area contributed by atoms with E-state index in [0.717, 1.165) is 6.42 Å². The Labute approximate surface area is 166 Å². The average molecular weight is 466 g/mol. The molecule has 0 aliphatic rings. The van der Waals surface area contributed by atoms with Crippen LogP contribution in [0.2, 0.25) is 0 Å². The van der Waals surface area contributed by atoms with E-state index in [1.54, 1.807) is 12.1 Å². The number of hydrogen-bond donors (Lipinski definition) is 3. The first-order valence-corrected chi connectivity index (χ1v) is 8.30. The lowest BCUT2D eigenvalue weighted by Crippen LogP contribution is -2.43. The van der Waals surface area contributed by atoms with Gasteiger partial charge in [-0.3, -0.25) is 4.79 Å². The summed E-state index contributed by atoms with van der Waals surface area (Å²) >= 11 is 0. The van der Waals surface area contributed by atoms with Crippen molar-refractivity contribution in [3.63, 3.8) is 0 Å². The van der Waals surface area contributed by atoms with Crippen LogP contribution in [0, 0.1) is 5.82 Å². The first-order chi connectivity index (χ1) is 11.6. The van der Waals surface area contributed by atoms with Crippen LogP contribution in [0.5, 0.6) is 5.75 Å². The van der Waals surface area contributed by atoms with Crippen LogP contribution in [0.4, 0.5) is 4.39 Å². The number of benzene rings is 1. The highest BCUT2D eigenvalue weighted by Gasteiger charge is 2.10. The van der Waals surface area contributed by atoms with E-state index in [9.17, 15) is 9.18 Å². The van der Waals surface area contributed by atoms with Crippen molar-refractivity contribution < 1.29 is 13.9 Å². The van der Waals surface area contributed by atoms with Crippen molar-refractivity contribution in [1.82, 2.24) is 16.0 Å². The van der Waals surface area contributed by atoms with Crippen molar-refractivity contribution >= 4 is 35.8 Å². The number of aliphatic imine (C=N–C) groups is 1. The molecule has 0 spiro atoms. The quantitative estimate of drug-likeness (QED) is 0.297. The predicted molar refractivity (Wildman–Crippen MR) is 109 cm³/mol. The zero-order valence-electron chi connectivity index (χ0n) is 15.0. The van der Waals surface area contributed by atoms with Gasteiger partial charge in [0, 0.05) is 19.2 Å². The lowest BCUT2D eigenvalue weighted by atomic mass is 10.2. The zero-order chi connectivity index (χ0) is 17.8. The lowest BCUT2D eigenvalue weighted by molar-refractivity contribution is -0.119. The van der Waals surface area contributed by atoms with E-state index in [1.165, 1.54) is 12.1 Å². The molecule has 25 heavy (non-hydrogen) atoms. The van der Waals surface area contributed by atoms with Crippen LogP contribution in [-0.2, 0) is 4.79 Å². The highest BCUT2D eigenvalue weighted by Crippen LogP contribution is 2.14. The molecule has 1 aromatic rings. The molecular formula is C17H28FIN4O2. The van der Waals surface area contributed by atoms with Crippen molar-refractivity contribution in [2.24, 2.45) is 4.99 Å². The van der Waals surface area contributed by atoms with Crippen molar-refractivity contribution in [2.45, 2.75) is 33.3 Å². The SMILES string of the molecule is CCNC(=O)CN=C(NCC)NCC(CC)Oc1cccc(F)c1.I. The Bertz CT molecular complexity index is 543.